The van der Waals surface area contributed by atoms with Gasteiger partial charge in [-0.1, -0.05) is 140 Å². The molecule has 0 saturated heterocycles. The molecule has 8 aromatic carbocycles. The van der Waals surface area contributed by atoms with Gasteiger partial charge in [0.2, 0.25) is 0 Å². The molecule has 0 radical (unpaired) electrons. The summed E-state index contributed by atoms with van der Waals surface area (Å²) in [4.78, 5) is 2.32. The number of ether oxygens (including phenoxy) is 1. The zero-order chi connectivity index (χ0) is 31.9. The SMILES string of the molecule is c1ccc(-c2ccc(N(c3ccc(-c4ccccc4)cc3)c3ccc4cc(-c5ccccc5)cc5c4c3Oc3ccccc3-5)cc2)cc1. The van der Waals surface area contributed by atoms with E-state index in [2.05, 4.69) is 187 Å². The molecule has 1 aliphatic heterocycles. The molecule has 2 nitrogen and oxygen atoms in total. The van der Waals surface area contributed by atoms with E-state index in [1.54, 1.807) is 0 Å². The first-order valence-corrected chi connectivity index (χ1v) is 16.3. The standard InChI is InChI=1S/C46H31NO/c1-4-12-32(13-5-1)35-20-25-39(26-21-35)47(40-27-22-36(23-28-40)33-14-6-2-7-15-33)43-29-24-37-30-38(34-16-8-3-9-17-34)31-42-41-18-10-11-19-44(41)48-46(43)45(37)42/h1-31H. The van der Waals surface area contributed by atoms with E-state index >= 15 is 0 Å². The van der Waals surface area contributed by atoms with Crippen molar-refractivity contribution >= 4 is 27.8 Å². The predicted molar refractivity (Wildman–Crippen MR) is 200 cm³/mol. The summed E-state index contributed by atoms with van der Waals surface area (Å²) in [5.41, 5.74) is 12.5. The molecule has 1 aliphatic rings. The van der Waals surface area contributed by atoms with E-state index in [0.29, 0.717) is 0 Å². The molecule has 9 rings (SSSR count). The highest BCUT2D eigenvalue weighted by atomic mass is 16.5. The van der Waals surface area contributed by atoms with Crippen LogP contribution in [0.15, 0.2) is 188 Å². The van der Waals surface area contributed by atoms with Crippen LogP contribution in [0.5, 0.6) is 11.5 Å². The fourth-order valence-corrected chi connectivity index (χ4v) is 6.89. The molecule has 0 amide bonds. The van der Waals surface area contributed by atoms with Gasteiger partial charge >= 0.3 is 0 Å². The summed E-state index contributed by atoms with van der Waals surface area (Å²) in [5.74, 6) is 1.72. The quantitative estimate of drug-likeness (QED) is 0.185. The number of rotatable bonds is 6. The number of anilines is 3. The van der Waals surface area contributed by atoms with Gasteiger partial charge in [0, 0.05) is 22.3 Å². The first-order chi connectivity index (χ1) is 23.8. The van der Waals surface area contributed by atoms with Crippen LogP contribution in [0, 0.1) is 0 Å². The van der Waals surface area contributed by atoms with Crippen LogP contribution < -0.4 is 9.64 Å². The van der Waals surface area contributed by atoms with Crippen LogP contribution in [0.4, 0.5) is 17.1 Å². The van der Waals surface area contributed by atoms with Crippen molar-refractivity contribution in [1.82, 2.24) is 0 Å². The van der Waals surface area contributed by atoms with Crippen LogP contribution in [-0.4, -0.2) is 0 Å². The Hall–Kier alpha value is -6.38. The third-order valence-corrected chi connectivity index (χ3v) is 9.25. The average Bonchev–Trinajstić information content (AvgIpc) is 3.17. The summed E-state index contributed by atoms with van der Waals surface area (Å²) in [6.07, 6.45) is 0. The van der Waals surface area contributed by atoms with E-state index in [4.69, 9.17) is 4.74 Å². The Labute approximate surface area is 280 Å². The second-order valence-corrected chi connectivity index (χ2v) is 12.2. The molecule has 0 aromatic heterocycles. The lowest BCUT2D eigenvalue weighted by Gasteiger charge is -2.31. The van der Waals surface area contributed by atoms with Crippen LogP contribution in [0.3, 0.4) is 0 Å². The summed E-state index contributed by atoms with van der Waals surface area (Å²) in [6.45, 7) is 0. The van der Waals surface area contributed by atoms with Gasteiger partial charge in [0.05, 0.1) is 5.69 Å². The van der Waals surface area contributed by atoms with E-state index in [1.165, 1.54) is 38.9 Å². The minimum absolute atomic E-state index is 0.861. The largest absolute Gasteiger partial charge is 0.454 e. The molecule has 0 N–H and O–H groups in total. The molecule has 48 heavy (non-hydrogen) atoms. The Kier molecular flexibility index (Phi) is 6.84. The van der Waals surface area contributed by atoms with Crippen molar-refractivity contribution in [3.63, 3.8) is 0 Å². The van der Waals surface area contributed by atoms with Gasteiger partial charge in [-0.25, -0.2) is 0 Å². The lowest BCUT2D eigenvalue weighted by Crippen LogP contribution is -2.12. The van der Waals surface area contributed by atoms with Crippen molar-refractivity contribution in [3.05, 3.63) is 188 Å². The Balaban J connectivity index is 1.25. The van der Waals surface area contributed by atoms with Gasteiger partial charge in [-0.2, -0.15) is 0 Å². The molecule has 8 aromatic rings. The smallest absolute Gasteiger partial charge is 0.159 e. The van der Waals surface area contributed by atoms with Crippen LogP contribution in [0.2, 0.25) is 0 Å². The highest BCUT2D eigenvalue weighted by Crippen LogP contribution is 2.53. The van der Waals surface area contributed by atoms with Gasteiger partial charge in [0.1, 0.15) is 5.75 Å². The predicted octanol–water partition coefficient (Wildman–Crippen LogP) is 13.1. The first-order valence-electron chi connectivity index (χ1n) is 16.3. The molecule has 0 bridgehead atoms. The number of nitrogens with zero attached hydrogens (tertiary/aromatic N) is 1. The maximum atomic E-state index is 6.89. The highest BCUT2D eigenvalue weighted by molar-refractivity contribution is 6.10. The Bertz CT molecular complexity index is 2300. The summed E-state index contributed by atoms with van der Waals surface area (Å²) in [5, 5.41) is 2.27. The molecule has 0 aliphatic carbocycles. The van der Waals surface area contributed by atoms with E-state index in [1.807, 2.05) is 6.07 Å². The number of hydrogen-bond donors (Lipinski definition) is 0. The fraction of sp³-hybridized carbons (Fsp3) is 0. The molecule has 0 fully saturated rings. The minimum Gasteiger partial charge on any atom is -0.454 e. The lowest BCUT2D eigenvalue weighted by molar-refractivity contribution is 0.488. The second kappa shape index (κ2) is 11.8. The molecular weight excluding hydrogens is 583 g/mol. The number of benzene rings is 8. The van der Waals surface area contributed by atoms with Crippen molar-refractivity contribution < 1.29 is 4.74 Å². The Morgan fingerprint density at radius 2 is 0.833 bits per heavy atom. The average molecular weight is 614 g/mol. The molecule has 1 heterocycles. The molecule has 226 valence electrons. The Morgan fingerprint density at radius 3 is 1.40 bits per heavy atom. The lowest BCUT2D eigenvalue weighted by atomic mass is 9.90. The maximum absolute atomic E-state index is 6.89. The van der Waals surface area contributed by atoms with Gasteiger partial charge in [-0.15, -0.1) is 0 Å². The van der Waals surface area contributed by atoms with Crippen LogP contribution >= 0.6 is 0 Å². The summed E-state index contributed by atoms with van der Waals surface area (Å²) in [6, 6.07) is 66.7. The van der Waals surface area contributed by atoms with Crippen LogP contribution in [-0.2, 0) is 0 Å². The Morgan fingerprint density at radius 1 is 0.354 bits per heavy atom. The molecule has 0 unspecified atom stereocenters. The van der Waals surface area contributed by atoms with Crippen LogP contribution in [0.25, 0.3) is 55.3 Å². The van der Waals surface area contributed by atoms with Crippen molar-refractivity contribution in [2.45, 2.75) is 0 Å². The van der Waals surface area contributed by atoms with Crippen molar-refractivity contribution in [2.75, 3.05) is 4.90 Å². The van der Waals surface area contributed by atoms with Gasteiger partial charge in [0.25, 0.3) is 0 Å². The number of para-hydroxylation sites is 1. The minimum atomic E-state index is 0.861. The van der Waals surface area contributed by atoms with Crippen molar-refractivity contribution in [3.8, 4) is 56.0 Å². The zero-order valence-electron chi connectivity index (χ0n) is 26.3. The number of fused-ring (bicyclic) bond motifs is 2. The summed E-state index contributed by atoms with van der Waals surface area (Å²) in [7, 11) is 0. The van der Waals surface area contributed by atoms with Gasteiger partial charge in [-0.3, -0.25) is 0 Å². The molecule has 0 atom stereocenters. The first kappa shape index (κ1) is 27.9. The normalized spacial score (nSPS) is 11.5. The second-order valence-electron chi connectivity index (χ2n) is 12.2. The number of hydrogen-bond acceptors (Lipinski definition) is 2. The van der Waals surface area contributed by atoms with Crippen molar-refractivity contribution in [2.24, 2.45) is 0 Å². The van der Waals surface area contributed by atoms with E-state index in [9.17, 15) is 0 Å². The van der Waals surface area contributed by atoms with E-state index in [0.717, 1.165) is 44.9 Å². The van der Waals surface area contributed by atoms with Gasteiger partial charge in [0.15, 0.2) is 5.75 Å². The van der Waals surface area contributed by atoms with E-state index < -0.39 is 0 Å². The van der Waals surface area contributed by atoms with Gasteiger partial charge < -0.3 is 9.64 Å². The molecule has 0 spiro atoms. The molecular formula is C46H31NO. The molecule has 0 saturated carbocycles. The highest BCUT2D eigenvalue weighted by Gasteiger charge is 2.27. The van der Waals surface area contributed by atoms with Gasteiger partial charge in [-0.05, 0) is 92.9 Å². The molecule has 2 heteroatoms. The third kappa shape index (κ3) is 4.92. The summed E-state index contributed by atoms with van der Waals surface area (Å²) >= 11 is 0. The maximum Gasteiger partial charge on any atom is 0.159 e. The zero-order valence-corrected chi connectivity index (χ0v) is 26.3. The van der Waals surface area contributed by atoms with E-state index in [-0.39, 0.29) is 0 Å². The van der Waals surface area contributed by atoms with Crippen LogP contribution in [0.1, 0.15) is 0 Å². The fourth-order valence-electron chi connectivity index (χ4n) is 6.89. The third-order valence-electron chi connectivity index (χ3n) is 9.25. The van der Waals surface area contributed by atoms with Crippen molar-refractivity contribution in [1.29, 1.82) is 0 Å². The topological polar surface area (TPSA) is 12.5 Å². The monoisotopic (exact) mass is 613 g/mol. The summed E-state index contributed by atoms with van der Waals surface area (Å²) < 4.78 is 6.89.